The Hall–Kier alpha value is -1.77. The van der Waals surface area contributed by atoms with Crippen LogP contribution in [0.15, 0.2) is 30.5 Å². The van der Waals surface area contributed by atoms with Crippen molar-refractivity contribution in [1.29, 1.82) is 0 Å². The lowest BCUT2D eigenvalue weighted by atomic mass is 9.93. The fourth-order valence-electron chi connectivity index (χ4n) is 2.77. The standard InChI is InChI=1S/C17H23N3/c1-12-7-5-6-8-13(12)14-9-10-20-11-15(17(2,3)4)19-16(20)18-14/h5-8,11,14H,9-10H2,1-4H3,(H,18,19). The third-order valence-corrected chi connectivity index (χ3v) is 4.07. The molecule has 0 amide bonds. The van der Waals surface area contributed by atoms with Gasteiger partial charge < -0.3 is 9.88 Å². The Bertz CT molecular complexity index is 619. The van der Waals surface area contributed by atoms with Crippen molar-refractivity contribution in [2.75, 3.05) is 5.32 Å². The molecule has 0 saturated carbocycles. The lowest BCUT2D eigenvalue weighted by molar-refractivity contribution is 0.539. The molecule has 3 heteroatoms. The van der Waals surface area contributed by atoms with Gasteiger partial charge in [0.05, 0.1) is 11.7 Å². The van der Waals surface area contributed by atoms with E-state index < -0.39 is 0 Å². The molecule has 1 aliphatic heterocycles. The van der Waals surface area contributed by atoms with E-state index in [0.29, 0.717) is 6.04 Å². The number of nitrogens with one attached hydrogen (secondary N) is 1. The van der Waals surface area contributed by atoms with E-state index in [4.69, 9.17) is 4.98 Å². The number of fused-ring (bicyclic) bond motifs is 1. The van der Waals surface area contributed by atoms with E-state index in [1.807, 2.05) is 0 Å². The molecule has 2 aromatic rings. The van der Waals surface area contributed by atoms with Gasteiger partial charge in [-0.3, -0.25) is 0 Å². The zero-order chi connectivity index (χ0) is 14.3. The van der Waals surface area contributed by atoms with Crippen LogP contribution in [0.4, 0.5) is 5.95 Å². The number of imidazole rings is 1. The van der Waals surface area contributed by atoms with E-state index in [9.17, 15) is 0 Å². The highest BCUT2D eigenvalue weighted by Gasteiger charge is 2.25. The highest BCUT2D eigenvalue weighted by Crippen LogP contribution is 2.32. The van der Waals surface area contributed by atoms with Crippen molar-refractivity contribution in [1.82, 2.24) is 9.55 Å². The van der Waals surface area contributed by atoms with Crippen molar-refractivity contribution in [3.8, 4) is 0 Å². The average molecular weight is 269 g/mol. The van der Waals surface area contributed by atoms with E-state index in [2.05, 4.69) is 68.0 Å². The maximum Gasteiger partial charge on any atom is 0.203 e. The summed E-state index contributed by atoms with van der Waals surface area (Å²) in [5, 5.41) is 3.60. The summed E-state index contributed by atoms with van der Waals surface area (Å²) < 4.78 is 2.25. The maximum absolute atomic E-state index is 4.78. The molecule has 20 heavy (non-hydrogen) atoms. The van der Waals surface area contributed by atoms with Crippen molar-refractivity contribution >= 4 is 5.95 Å². The second kappa shape index (κ2) is 4.65. The number of hydrogen-bond acceptors (Lipinski definition) is 2. The zero-order valence-electron chi connectivity index (χ0n) is 12.8. The minimum atomic E-state index is 0.101. The number of benzene rings is 1. The van der Waals surface area contributed by atoms with E-state index in [-0.39, 0.29) is 5.41 Å². The van der Waals surface area contributed by atoms with Crippen LogP contribution in [-0.4, -0.2) is 9.55 Å². The molecule has 1 unspecified atom stereocenters. The van der Waals surface area contributed by atoms with E-state index in [1.54, 1.807) is 0 Å². The van der Waals surface area contributed by atoms with Gasteiger partial charge in [0.15, 0.2) is 0 Å². The predicted molar refractivity (Wildman–Crippen MR) is 83.1 cm³/mol. The number of nitrogens with zero attached hydrogens (tertiary/aromatic N) is 2. The molecule has 0 saturated heterocycles. The first-order chi connectivity index (χ1) is 9.45. The summed E-state index contributed by atoms with van der Waals surface area (Å²) in [6.07, 6.45) is 3.30. The number of hydrogen-bond donors (Lipinski definition) is 1. The molecule has 3 nitrogen and oxygen atoms in total. The van der Waals surface area contributed by atoms with Gasteiger partial charge in [-0.1, -0.05) is 45.0 Å². The van der Waals surface area contributed by atoms with E-state index in [1.165, 1.54) is 11.1 Å². The average Bonchev–Trinajstić information content (AvgIpc) is 2.82. The highest BCUT2D eigenvalue weighted by molar-refractivity contribution is 5.40. The van der Waals surface area contributed by atoms with Gasteiger partial charge in [0.2, 0.25) is 5.95 Å². The number of anilines is 1. The quantitative estimate of drug-likeness (QED) is 0.846. The Labute approximate surface area is 121 Å². The van der Waals surface area contributed by atoms with Gasteiger partial charge in [-0.05, 0) is 24.5 Å². The number of aryl methyl sites for hydroxylation is 2. The molecule has 1 atom stereocenters. The Kier molecular flexibility index (Phi) is 3.08. The second-order valence-electron chi connectivity index (χ2n) is 6.74. The number of aromatic nitrogens is 2. The SMILES string of the molecule is Cc1ccccc1C1CCn2cc(C(C)(C)C)nc2N1. The lowest BCUT2D eigenvalue weighted by Gasteiger charge is -2.26. The third kappa shape index (κ3) is 2.33. The molecule has 0 radical (unpaired) electrons. The first-order valence-corrected chi connectivity index (χ1v) is 7.35. The normalized spacial score (nSPS) is 18.5. The summed E-state index contributed by atoms with van der Waals surface area (Å²) >= 11 is 0. The second-order valence-corrected chi connectivity index (χ2v) is 6.74. The monoisotopic (exact) mass is 269 g/mol. The van der Waals surface area contributed by atoms with Crippen molar-refractivity contribution in [2.24, 2.45) is 0 Å². The van der Waals surface area contributed by atoms with Gasteiger partial charge >= 0.3 is 0 Å². The first kappa shape index (κ1) is 13.2. The Morgan fingerprint density at radius 1 is 1.25 bits per heavy atom. The molecule has 1 aromatic carbocycles. The van der Waals surface area contributed by atoms with Crippen molar-refractivity contribution < 1.29 is 0 Å². The smallest absolute Gasteiger partial charge is 0.203 e. The minimum Gasteiger partial charge on any atom is -0.349 e. The van der Waals surface area contributed by atoms with E-state index >= 15 is 0 Å². The van der Waals surface area contributed by atoms with Crippen molar-refractivity contribution in [3.05, 3.63) is 47.3 Å². The summed E-state index contributed by atoms with van der Waals surface area (Å²) in [5.74, 6) is 1.01. The van der Waals surface area contributed by atoms with Crippen LogP contribution in [0.3, 0.4) is 0 Å². The predicted octanol–water partition coefficient (Wildman–Crippen LogP) is 4.05. The van der Waals surface area contributed by atoms with Crippen LogP contribution in [-0.2, 0) is 12.0 Å². The molecule has 0 aliphatic carbocycles. The van der Waals surface area contributed by atoms with Crippen LogP contribution in [0.25, 0.3) is 0 Å². The largest absolute Gasteiger partial charge is 0.349 e. The fraction of sp³-hybridized carbons (Fsp3) is 0.471. The van der Waals surface area contributed by atoms with Gasteiger partial charge in [-0.2, -0.15) is 0 Å². The van der Waals surface area contributed by atoms with Gasteiger partial charge in [-0.25, -0.2) is 4.98 Å². The molecule has 0 spiro atoms. The van der Waals surface area contributed by atoms with Gasteiger partial charge in [0, 0.05) is 18.2 Å². The van der Waals surface area contributed by atoms with Crippen LogP contribution in [0.1, 0.15) is 50.1 Å². The molecular formula is C17H23N3. The zero-order valence-corrected chi connectivity index (χ0v) is 12.8. The molecule has 3 rings (SSSR count). The minimum absolute atomic E-state index is 0.101. The van der Waals surface area contributed by atoms with Gasteiger partial charge in [0.25, 0.3) is 0 Å². The molecule has 1 aromatic heterocycles. The number of rotatable bonds is 1. The molecule has 1 N–H and O–H groups in total. The fourth-order valence-corrected chi connectivity index (χ4v) is 2.77. The Balaban J connectivity index is 1.89. The molecule has 2 heterocycles. The van der Waals surface area contributed by atoms with Crippen LogP contribution >= 0.6 is 0 Å². The third-order valence-electron chi connectivity index (χ3n) is 4.07. The molecule has 0 bridgehead atoms. The van der Waals surface area contributed by atoms with E-state index in [0.717, 1.165) is 24.6 Å². The van der Waals surface area contributed by atoms with Crippen LogP contribution in [0.2, 0.25) is 0 Å². The van der Waals surface area contributed by atoms with Gasteiger partial charge in [-0.15, -0.1) is 0 Å². The summed E-state index contributed by atoms with van der Waals surface area (Å²) in [6.45, 7) is 9.84. The lowest BCUT2D eigenvalue weighted by Crippen LogP contribution is -2.22. The first-order valence-electron chi connectivity index (χ1n) is 7.35. The topological polar surface area (TPSA) is 29.9 Å². The highest BCUT2D eigenvalue weighted by atomic mass is 15.2. The summed E-state index contributed by atoms with van der Waals surface area (Å²) in [6, 6.07) is 8.99. The van der Waals surface area contributed by atoms with Gasteiger partial charge in [0.1, 0.15) is 0 Å². The Morgan fingerprint density at radius 3 is 2.70 bits per heavy atom. The summed E-state index contributed by atoms with van der Waals surface area (Å²) in [5.41, 5.74) is 4.00. The van der Waals surface area contributed by atoms with Crippen molar-refractivity contribution in [2.45, 2.75) is 52.1 Å². The van der Waals surface area contributed by atoms with Crippen LogP contribution in [0.5, 0.6) is 0 Å². The molecular weight excluding hydrogens is 246 g/mol. The van der Waals surface area contributed by atoms with Crippen molar-refractivity contribution in [3.63, 3.8) is 0 Å². The molecule has 0 fully saturated rings. The molecule has 106 valence electrons. The maximum atomic E-state index is 4.78. The molecule has 1 aliphatic rings. The summed E-state index contributed by atoms with van der Waals surface area (Å²) in [7, 11) is 0. The Morgan fingerprint density at radius 2 is 2.00 bits per heavy atom. The van der Waals surface area contributed by atoms with Crippen LogP contribution in [0, 0.1) is 6.92 Å². The summed E-state index contributed by atoms with van der Waals surface area (Å²) in [4.78, 5) is 4.78. The van der Waals surface area contributed by atoms with Crippen LogP contribution < -0.4 is 5.32 Å².